The SMILES string of the molecule is CCCCSCC1CCC2CC(C)CCC2C1. The normalized spacial score (nSPS) is 37.8. The Morgan fingerprint density at radius 1 is 1.00 bits per heavy atom. The van der Waals surface area contributed by atoms with Crippen molar-refractivity contribution in [1.82, 2.24) is 0 Å². The lowest BCUT2D eigenvalue weighted by Gasteiger charge is -2.41. The summed E-state index contributed by atoms with van der Waals surface area (Å²) in [5.41, 5.74) is 0. The second kappa shape index (κ2) is 7.07. The summed E-state index contributed by atoms with van der Waals surface area (Å²) in [6.45, 7) is 4.76. The molecule has 2 aliphatic rings. The zero-order valence-corrected chi connectivity index (χ0v) is 12.6. The Kier molecular flexibility index (Phi) is 5.72. The maximum absolute atomic E-state index is 2.46. The van der Waals surface area contributed by atoms with E-state index in [1.54, 1.807) is 25.7 Å². The Bertz CT molecular complexity index is 212. The lowest BCUT2D eigenvalue weighted by molar-refractivity contribution is 0.111. The van der Waals surface area contributed by atoms with Gasteiger partial charge in [-0.1, -0.05) is 26.7 Å². The molecule has 0 radical (unpaired) electrons. The topological polar surface area (TPSA) is 0 Å². The van der Waals surface area contributed by atoms with Gasteiger partial charge in [0, 0.05) is 0 Å². The lowest BCUT2D eigenvalue weighted by Crippen LogP contribution is -2.31. The molecular formula is C16H30S. The summed E-state index contributed by atoms with van der Waals surface area (Å²) in [5, 5.41) is 0. The zero-order valence-electron chi connectivity index (χ0n) is 11.8. The maximum Gasteiger partial charge on any atom is -0.00390 e. The second-order valence-electron chi connectivity index (χ2n) is 6.55. The van der Waals surface area contributed by atoms with Gasteiger partial charge in [0.05, 0.1) is 0 Å². The van der Waals surface area contributed by atoms with Crippen molar-refractivity contribution >= 4 is 11.8 Å². The molecule has 0 aromatic carbocycles. The van der Waals surface area contributed by atoms with Crippen LogP contribution in [0.5, 0.6) is 0 Å². The van der Waals surface area contributed by atoms with Crippen molar-refractivity contribution < 1.29 is 0 Å². The smallest absolute Gasteiger partial charge is 0.00390 e. The van der Waals surface area contributed by atoms with E-state index in [0.717, 1.165) is 23.7 Å². The predicted octanol–water partition coefficient (Wildman–Crippen LogP) is 5.37. The van der Waals surface area contributed by atoms with Gasteiger partial charge >= 0.3 is 0 Å². The van der Waals surface area contributed by atoms with Crippen molar-refractivity contribution in [3.05, 3.63) is 0 Å². The third kappa shape index (κ3) is 4.19. The third-order valence-electron chi connectivity index (χ3n) is 4.98. The van der Waals surface area contributed by atoms with Gasteiger partial charge in [-0.25, -0.2) is 0 Å². The highest BCUT2D eigenvalue weighted by atomic mass is 32.2. The van der Waals surface area contributed by atoms with Crippen LogP contribution in [0, 0.1) is 23.7 Å². The largest absolute Gasteiger partial charge is 0.162 e. The molecule has 0 aromatic rings. The Morgan fingerprint density at radius 2 is 1.76 bits per heavy atom. The molecule has 17 heavy (non-hydrogen) atoms. The summed E-state index contributed by atoms with van der Waals surface area (Å²) in [6.07, 6.45) is 12.0. The minimum absolute atomic E-state index is 1.02. The summed E-state index contributed by atoms with van der Waals surface area (Å²) in [4.78, 5) is 0. The van der Waals surface area contributed by atoms with E-state index >= 15 is 0 Å². The molecule has 0 N–H and O–H groups in total. The first-order chi connectivity index (χ1) is 8.29. The number of rotatable bonds is 5. The monoisotopic (exact) mass is 254 g/mol. The molecule has 0 bridgehead atoms. The average molecular weight is 254 g/mol. The van der Waals surface area contributed by atoms with Gasteiger partial charge < -0.3 is 0 Å². The van der Waals surface area contributed by atoms with E-state index in [1.807, 2.05) is 0 Å². The van der Waals surface area contributed by atoms with Crippen LogP contribution in [-0.4, -0.2) is 11.5 Å². The highest BCUT2D eigenvalue weighted by Gasteiger charge is 2.33. The predicted molar refractivity (Wildman–Crippen MR) is 79.6 cm³/mol. The van der Waals surface area contributed by atoms with Crippen LogP contribution in [-0.2, 0) is 0 Å². The minimum atomic E-state index is 1.02. The number of fused-ring (bicyclic) bond motifs is 1. The van der Waals surface area contributed by atoms with Gasteiger partial charge in [-0.3, -0.25) is 0 Å². The molecule has 4 unspecified atom stereocenters. The molecule has 2 saturated carbocycles. The summed E-state index contributed by atoms with van der Waals surface area (Å²) in [6, 6.07) is 0. The van der Waals surface area contributed by atoms with Crippen molar-refractivity contribution in [3.63, 3.8) is 0 Å². The molecule has 0 spiro atoms. The first-order valence-corrected chi connectivity index (χ1v) is 9.02. The van der Waals surface area contributed by atoms with Gasteiger partial charge in [0.2, 0.25) is 0 Å². The van der Waals surface area contributed by atoms with Gasteiger partial charge in [0.25, 0.3) is 0 Å². The Hall–Kier alpha value is 0.350. The van der Waals surface area contributed by atoms with Crippen molar-refractivity contribution in [1.29, 1.82) is 0 Å². The van der Waals surface area contributed by atoms with Gasteiger partial charge in [0.1, 0.15) is 0 Å². The highest BCUT2D eigenvalue weighted by molar-refractivity contribution is 7.99. The summed E-state index contributed by atoms with van der Waals surface area (Å²) in [7, 11) is 0. The molecule has 0 saturated heterocycles. The molecule has 2 fully saturated rings. The first-order valence-electron chi connectivity index (χ1n) is 7.87. The van der Waals surface area contributed by atoms with Crippen molar-refractivity contribution in [2.75, 3.05) is 11.5 Å². The number of thioether (sulfide) groups is 1. The molecule has 0 aliphatic heterocycles. The summed E-state index contributed by atoms with van der Waals surface area (Å²) in [5.74, 6) is 7.15. The molecule has 1 heteroatoms. The van der Waals surface area contributed by atoms with E-state index in [2.05, 4.69) is 25.6 Å². The van der Waals surface area contributed by atoms with Crippen LogP contribution in [0.15, 0.2) is 0 Å². The van der Waals surface area contributed by atoms with Gasteiger partial charge in [-0.15, -0.1) is 0 Å². The third-order valence-corrected chi connectivity index (χ3v) is 6.26. The zero-order chi connectivity index (χ0) is 12.1. The van der Waals surface area contributed by atoms with E-state index in [1.165, 1.54) is 37.2 Å². The molecule has 2 aliphatic carbocycles. The van der Waals surface area contributed by atoms with E-state index in [0.29, 0.717) is 0 Å². The molecule has 0 nitrogen and oxygen atoms in total. The van der Waals surface area contributed by atoms with Crippen molar-refractivity contribution in [3.8, 4) is 0 Å². The molecular weight excluding hydrogens is 224 g/mol. The van der Waals surface area contributed by atoms with Gasteiger partial charge in [-0.05, 0) is 73.7 Å². The molecule has 2 rings (SSSR count). The van der Waals surface area contributed by atoms with Gasteiger partial charge in [-0.2, -0.15) is 11.8 Å². The number of unbranched alkanes of at least 4 members (excludes halogenated alkanes) is 1. The fourth-order valence-corrected chi connectivity index (χ4v) is 5.16. The van der Waals surface area contributed by atoms with Crippen LogP contribution in [0.25, 0.3) is 0 Å². The van der Waals surface area contributed by atoms with Crippen LogP contribution in [0.3, 0.4) is 0 Å². The Balaban J connectivity index is 1.67. The summed E-state index contributed by atoms with van der Waals surface area (Å²) < 4.78 is 0. The van der Waals surface area contributed by atoms with Crippen molar-refractivity contribution in [2.45, 2.75) is 65.2 Å². The van der Waals surface area contributed by atoms with Crippen molar-refractivity contribution in [2.24, 2.45) is 23.7 Å². The maximum atomic E-state index is 2.46. The fraction of sp³-hybridized carbons (Fsp3) is 1.00. The van der Waals surface area contributed by atoms with E-state index in [4.69, 9.17) is 0 Å². The minimum Gasteiger partial charge on any atom is -0.162 e. The van der Waals surface area contributed by atoms with Crippen LogP contribution in [0.1, 0.15) is 65.2 Å². The molecule has 0 aromatic heterocycles. The Morgan fingerprint density at radius 3 is 2.59 bits per heavy atom. The molecule has 0 heterocycles. The number of hydrogen-bond donors (Lipinski definition) is 0. The molecule has 100 valence electrons. The van der Waals surface area contributed by atoms with Crippen LogP contribution < -0.4 is 0 Å². The highest BCUT2D eigenvalue weighted by Crippen LogP contribution is 2.45. The first kappa shape index (κ1) is 13.8. The molecule has 0 amide bonds. The van der Waals surface area contributed by atoms with Gasteiger partial charge in [0.15, 0.2) is 0 Å². The van der Waals surface area contributed by atoms with E-state index in [-0.39, 0.29) is 0 Å². The standard InChI is InChI=1S/C16H30S/c1-3-4-9-17-12-14-6-8-15-10-13(2)5-7-16(15)11-14/h13-16H,3-12H2,1-2H3. The fourth-order valence-electron chi connectivity index (χ4n) is 3.87. The van der Waals surface area contributed by atoms with Crippen LogP contribution >= 0.6 is 11.8 Å². The van der Waals surface area contributed by atoms with Crippen LogP contribution in [0.2, 0.25) is 0 Å². The lowest BCUT2D eigenvalue weighted by atomic mass is 9.65. The average Bonchev–Trinajstić information content (AvgIpc) is 2.35. The molecule has 4 atom stereocenters. The van der Waals surface area contributed by atoms with E-state index in [9.17, 15) is 0 Å². The summed E-state index contributed by atoms with van der Waals surface area (Å²) >= 11 is 2.22. The second-order valence-corrected chi connectivity index (χ2v) is 7.70. The number of hydrogen-bond acceptors (Lipinski definition) is 1. The Labute approximate surface area is 112 Å². The quantitative estimate of drug-likeness (QED) is 0.594. The van der Waals surface area contributed by atoms with E-state index < -0.39 is 0 Å². The van der Waals surface area contributed by atoms with Crippen LogP contribution in [0.4, 0.5) is 0 Å².